The predicted octanol–water partition coefficient (Wildman–Crippen LogP) is 5.38. The van der Waals surface area contributed by atoms with Crippen molar-refractivity contribution < 1.29 is 27.6 Å². The molecular weight excluding hydrogens is 555 g/mol. The minimum atomic E-state index is -4.46. The molecule has 0 fully saturated rings. The largest absolute Gasteiger partial charge is 0.416 e. The van der Waals surface area contributed by atoms with Crippen molar-refractivity contribution in [2.45, 2.75) is 31.6 Å². The molecule has 0 aromatic heterocycles. The number of alkyl halides is 3. The average molecular weight is 588 g/mol. The second-order valence-electron chi connectivity index (χ2n) is 10.1. The second-order valence-corrected chi connectivity index (χ2v) is 10.1. The summed E-state index contributed by atoms with van der Waals surface area (Å²) in [6.07, 6.45) is -3.58. The number of ketones is 1. The molecule has 0 saturated heterocycles. The van der Waals surface area contributed by atoms with Crippen LogP contribution in [0.1, 0.15) is 43.0 Å². The first kappa shape index (κ1) is 31.2. The molecule has 0 radical (unpaired) electrons. The van der Waals surface area contributed by atoms with Crippen molar-refractivity contribution in [3.8, 4) is 0 Å². The number of hydrogen-bond donors (Lipinski definition) is 3. The number of hydrogen-bond acceptors (Lipinski definition) is 4. The van der Waals surface area contributed by atoms with Crippen molar-refractivity contribution >= 4 is 17.6 Å². The quantitative estimate of drug-likeness (QED) is 0.196. The van der Waals surface area contributed by atoms with E-state index in [1.807, 2.05) is 60.7 Å². The third-order valence-corrected chi connectivity index (χ3v) is 6.79. The third-order valence-electron chi connectivity index (χ3n) is 6.79. The number of benzene rings is 4. The molecule has 43 heavy (non-hydrogen) atoms. The molecule has 9 heteroatoms. The maximum atomic E-state index is 13.2. The normalized spacial score (nSPS) is 11.9. The second kappa shape index (κ2) is 14.9. The number of amides is 2. The maximum absolute atomic E-state index is 13.2. The summed E-state index contributed by atoms with van der Waals surface area (Å²) in [6, 6.07) is 29.1. The zero-order chi connectivity index (χ0) is 30.7. The van der Waals surface area contributed by atoms with E-state index >= 15 is 0 Å². The van der Waals surface area contributed by atoms with Crippen LogP contribution in [0.25, 0.3) is 0 Å². The molecule has 4 aromatic rings. The van der Waals surface area contributed by atoms with Crippen LogP contribution in [-0.2, 0) is 30.4 Å². The van der Waals surface area contributed by atoms with Crippen molar-refractivity contribution in [3.63, 3.8) is 0 Å². The van der Waals surface area contributed by atoms with Crippen LogP contribution in [0.3, 0.4) is 0 Å². The standard InChI is InChI=1S/C34H32F3N3O3/c35-34(36,37)29-16-7-13-26(19-29)22-38-23-31(41)30(20-25-11-5-2-6-12-25)40-33(43)28-15-8-14-27(21-28)32(42)39-18-17-24-9-3-1-4-10-24/h1-16,19,21,30,38H,17-18,20,22-23H2,(H,39,42)(H,40,43)/t30-/m0/s1. The average Bonchev–Trinajstić information content (AvgIpc) is 3.01. The topological polar surface area (TPSA) is 87.3 Å². The van der Waals surface area contributed by atoms with Crippen LogP contribution < -0.4 is 16.0 Å². The van der Waals surface area contributed by atoms with Crippen LogP contribution in [0, 0.1) is 0 Å². The van der Waals surface area contributed by atoms with E-state index in [1.165, 1.54) is 12.1 Å². The van der Waals surface area contributed by atoms with Gasteiger partial charge >= 0.3 is 6.18 Å². The molecule has 0 aliphatic carbocycles. The first-order valence-electron chi connectivity index (χ1n) is 13.9. The number of halogens is 3. The molecule has 0 aliphatic rings. The summed E-state index contributed by atoms with van der Waals surface area (Å²) in [6.45, 7) is 0.307. The molecule has 6 nitrogen and oxygen atoms in total. The molecule has 0 heterocycles. The molecular formula is C34H32F3N3O3. The Morgan fingerprint density at radius 2 is 1.28 bits per heavy atom. The zero-order valence-corrected chi connectivity index (χ0v) is 23.4. The minimum Gasteiger partial charge on any atom is -0.352 e. The van der Waals surface area contributed by atoms with Gasteiger partial charge in [0, 0.05) is 24.2 Å². The molecule has 0 aliphatic heterocycles. The van der Waals surface area contributed by atoms with E-state index in [2.05, 4.69) is 16.0 Å². The SMILES string of the molecule is O=C(NCCc1ccccc1)c1cccc(C(=O)N[C@@H](Cc2ccccc2)C(=O)CNCc2cccc(C(F)(F)F)c2)c1. The number of nitrogens with one attached hydrogen (secondary N) is 3. The fourth-order valence-electron chi connectivity index (χ4n) is 4.52. The van der Waals surface area contributed by atoms with E-state index in [0.717, 1.165) is 23.3 Å². The van der Waals surface area contributed by atoms with Gasteiger partial charge in [0.2, 0.25) is 0 Å². The van der Waals surface area contributed by atoms with Crippen LogP contribution in [0.5, 0.6) is 0 Å². The maximum Gasteiger partial charge on any atom is 0.416 e. The Bertz CT molecular complexity index is 1530. The summed E-state index contributed by atoms with van der Waals surface area (Å²) >= 11 is 0. The van der Waals surface area contributed by atoms with Gasteiger partial charge in [-0.15, -0.1) is 0 Å². The monoisotopic (exact) mass is 587 g/mol. The molecule has 3 N–H and O–H groups in total. The molecule has 1 atom stereocenters. The Balaban J connectivity index is 1.38. The van der Waals surface area contributed by atoms with Gasteiger partial charge in [0.1, 0.15) is 0 Å². The van der Waals surface area contributed by atoms with Crippen molar-refractivity contribution in [2.24, 2.45) is 0 Å². The van der Waals surface area contributed by atoms with Crippen LogP contribution in [0.4, 0.5) is 13.2 Å². The van der Waals surface area contributed by atoms with Crippen LogP contribution in [-0.4, -0.2) is 36.7 Å². The molecule has 222 valence electrons. The highest BCUT2D eigenvalue weighted by Gasteiger charge is 2.30. The van der Waals surface area contributed by atoms with Gasteiger partial charge in [-0.25, -0.2) is 0 Å². The van der Waals surface area contributed by atoms with Crippen molar-refractivity contribution in [1.29, 1.82) is 0 Å². The number of carbonyl (C=O) groups is 3. The van der Waals surface area contributed by atoms with E-state index in [0.29, 0.717) is 24.1 Å². The Labute approximate surface area is 248 Å². The van der Waals surface area contributed by atoms with Gasteiger partial charge in [-0.2, -0.15) is 13.2 Å². The Morgan fingerprint density at radius 1 is 0.674 bits per heavy atom. The van der Waals surface area contributed by atoms with E-state index in [9.17, 15) is 27.6 Å². The molecule has 0 spiro atoms. The van der Waals surface area contributed by atoms with Gasteiger partial charge in [0.05, 0.1) is 18.2 Å². The third kappa shape index (κ3) is 9.65. The van der Waals surface area contributed by atoms with Gasteiger partial charge in [-0.1, -0.05) is 84.9 Å². The summed E-state index contributed by atoms with van der Waals surface area (Å²) in [5.74, 6) is -1.17. The van der Waals surface area contributed by atoms with Gasteiger partial charge in [-0.05, 0) is 53.8 Å². The lowest BCUT2D eigenvalue weighted by molar-refractivity contribution is -0.137. The predicted molar refractivity (Wildman–Crippen MR) is 158 cm³/mol. The van der Waals surface area contributed by atoms with Crippen molar-refractivity contribution in [1.82, 2.24) is 16.0 Å². The highest BCUT2D eigenvalue weighted by molar-refractivity contribution is 6.01. The molecule has 0 unspecified atom stereocenters. The fourth-order valence-corrected chi connectivity index (χ4v) is 4.52. The smallest absolute Gasteiger partial charge is 0.352 e. The van der Waals surface area contributed by atoms with Gasteiger partial charge in [0.25, 0.3) is 11.8 Å². The molecule has 4 rings (SSSR count). The minimum absolute atomic E-state index is 0.0447. The van der Waals surface area contributed by atoms with Gasteiger partial charge < -0.3 is 16.0 Å². The Morgan fingerprint density at radius 3 is 1.95 bits per heavy atom. The Hall–Kier alpha value is -4.76. The highest BCUT2D eigenvalue weighted by Crippen LogP contribution is 2.29. The van der Waals surface area contributed by atoms with E-state index < -0.39 is 23.7 Å². The van der Waals surface area contributed by atoms with Crippen LogP contribution >= 0.6 is 0 Å². The van der Waals surface area contributed by atoms with Gasteiger partial charge in [0.15, 0.2) is 5.78 Å². The molecule has 2 amide bonds. The lowest BCUT2D eigenvalue weighted by Crippen LogP contribution is -2.45. The zero-order valence-electron chi connectivity index (χ0n) is 23.4. The number of Topliss-reactive ketones (excluding diaryl/α,β-unsaturated/α-hetero) is 1. The lowest BCUT2D eigenvalue weighted by Gasteiger charge is -2.19. The lowest BCUT2D eigenvalue weighted by atomic mass is 10.0. The van der Waals surface area contributed by atoms with Crippen molar-refractivity contribution in [3.05, 3.63) is 143 Å². The summed E-state index contributed by atoms with van der Waals surface area (Å²) < 4.78 is 39.1. The molecule has 4 aromatic carbocycles. The van der Waals surface area contributed by atoms with E-state index in [1.54, 1.807) is 24.3 Å². The first-order chi connectivity index (χ1) is 20.7. The Kier molecular flexibility index (Phi) is 10.8. The van der Waals surface area contributed by atoms with E-state index in [4.69, 9.17) is 0 Å². The van der Waals surface area contributed by atoms with Gasteiger partial charge in [-0.3, -0.25) is 14.4 Å². The summed E-state index contributed by atoms with van der Waals surface area (Å²) in [4.78, 5) is 39.2. The molecule has 0 bridgehead atoms. The highest BCUT2D eigenvalue weighted by atomic mass is 19.4. The number of carbonyl (C=O) groups excluding carboxylic acids is 3. The summed E-state index contributed by atoms with van der Waals surface area (Å²) in [5.41, 5.74) is 2.07. The molecule has 0 saturated carbocycles. The van der Waals surface area contributed by atoms with Crippen molar-refractivity contribution in [2.75, 3.05) is 13.1 Å². The van der Waals surface area contributed by atoms with E-state index in [-0.39, 0.29) is 36.8 Å². The van der Waals surface area contributed by atoms with Crippen LogP contribution in [0.15, 0.2) is 109 Å². The summed E-state index contributed by atoms with van der Waals surface area (Å²) in [5, 5.41) is 8.53. The fraction of sp³-hybridized carbons (Fsp3) is 0.206. The van der Waals surface area contributed by atoms with Crippen LogP contribution in [0.2, 0.25) is 0 Å². The summed E-state index contributed by atoms with van der Waals surface area (Å²) in [7, 11) is 0. The number of rotatable bonds is 13. The first-order valence-corrected chi connectivity index (χ1v) is 13.9.